The second-order valence-electron chi connectivity index (χ2n) is 5.35. The molecule has 0 aliphatic heterocycles. The number of hydrogen-bond acceptors (Lipinski definition) is 4. The van der Waals surface area contributed by atoms with Gasteiger partial charge in [0.15, 0.2) is 9.84 Å². The lowest BCUT2D eigenvalue weighted by molar-refractivity contribution is 0.413. The Morgan fingerprint density at radius 3 is 2.65 bits per heavy atom. The van der Waals surface area contributed by atoms with Crippen molar-refractivity contribution in [3.05, 3.63) is 29.3 Å². The van der Waals surface area contributed by atoms with Gasteiger partial charge in [0.05, 0.1) is 24.2 Å². The fraction of sp³-hybridized carbons (Fsp3) is 0.533. The lowest BCUT2D eigenvalue weighted by Gasteiger charge is -2.11. The predicted molar refractivity (Wildman–Crippen MR) is 77.2 cm³/mol. The molecule has 1 saturated carbocycles. The van der Waals surface area contributed by atoms with E-state index >= 15 is 0 Å². The SMILES string of the molecule is COc1ccc(CS(=O)(=O)CC2CCCC2)cc1C#N. The topological polar surface area (TPSA) is 67.2 Å². The smallest absolute Gasteiger partial charge is 0.154 e. The molecule has 1 aliphatic carbocycles. The largest absolute Gasteiger partial charge is 0.495 e. The summed E-state index contributed by atoms with van der Waals surface area (Å²) in [6, 6.07) is 6.99. The zero-order chi connectivity index (χ0) is 14.6. The predicted octanol–water partition coefficient (Wildman–Crippen LogP) is 2.67. The number of hydrogen-bond donors (Lipinski definition) is 0. The molecule has 1 fully saturated rings. The lowest BCUT2D eigenvalue weighted by atomic mass is 10.1. The third-order valence-electron chi connectivity index (χ3n) is 3.74. The van der Waals surface area contributed by atoms with Gasteiger partial charge in [0.25, 0.3) is 0 Å². The van der Waals surface area contributed by atoms with Crippen LogP contribution in [0.3, 0.4) is 0 Å². The summed E-state index contributed by atoms with van der Waals surface area (Å²) in [7, 11) is -1.62. The summed E-state index contributed by atoms with van der Waals surface area (Å²) in [5, 5.41) is 9.02. The molecule has 1 aromatic rings. The molecule has 108 valence electrons. The van der Waals surface area contributed by atoms with Gasteiger partial charge in [-0.15, -0.1) is 0 Å². The average molecular weight is 293 g/mol. The van der Waals surface area contributed by atoms with Crippen molar-refractivity contribution in [3.63, 3.8) is 0 Å². The van der Waals surface area contributed by atoms with E-state index in [1.165, 1.54) is 7.11 Å². The third kappa shape index (κ3) is 3.73. The van der Waals surface area contributed by atoms with E-state index in [1.54, 1.807) is 18.2 Å². The van der Waals surface area contributed by atoms with Crippen molar-refractivity contribution in [1.29, 1.82) is 5.26 Å². The Balaban J connectivity index is 2.10. The maximum Gasteiger partial charge on any atom is 0.154 e. The number of ether oxygens (including phenoxy) is 1. The molecular formula is C15H19NO3S. The van der Waals surface area contributed by atoms with Crippen LogP contribution in [0.1, 0.15) is 36.8 Å². The molecular weight excluding hydrogens is 274 g/mol. The highest BCUT2D eigenvalue weighted by molar-refractivity contribution is 7.90. The van der Waals surface area contributed by atoms with Crippen molar-refractivity contribution < 1.29 is 13.2 Å². The van der Waals surface area contributed by atoms with Crippen molar-refractivity contribution in [2.45, 2.75) is 31.4 Å². The Kier molecular flexibility index (Phi) is 4.66. The molecule has 1 aromatic carbocycles. The van der Waals surface area contributed by atoms with Crippen LogP contribution in [-0.2, 0) is 15.6 Å². The van der Waals surface area contributed by atoms with Crippen molar-refractivity contribution in [1.82, 2.24) is 0 Å². The molecule has 0 unspecified atom stereocenters. The first-order valence-corrected chi connectivity index (χ1v) is 8.63. The number of methoxy groups -OCH3 is 1. The van der Waals surface area contributed by atoms with Crippen LogP contribution in [0.5, 0.6) is 5.75 Å². The average Bonchev–Trinajstić information content (AvgIpc) is 2.90. The summed E-state index contributed by atoms with van der Waals surface area (Å²) >= 11 is 0. The van der Waals surface area contributed by atoms with Crippen LogP contribution < -0.4 is 4.74 Å². The summed E-state index contributed by atoms with van der Waals surface area (Å²) in [4.78, 5) is 0. The number of nitriles is 1. The van der Waals surface area contributed by atoms with Crippen LogP contribution >= 0.6 is 0 Å². The van der Waals surface area contributed by atoms with Crippen LogP contribution in [0.4, 0.5) is 0 Å². The second kappa shape index (κ2) is 6.27. The Morgan fingerprint density at radius 2 is 2.05 bits per heavy atom. The molecule has 0 aromatic heterocycles. The molecule has 0 amide bonds. The monoisotopic (exact) mass is 293 g/mol. The summed E-state index contributed by atoms with van der Waals surface area (Å²) in [6.07, 6.45) is 4.32. The van der Waals surface area contributed by atoms with Gasteiger partial charge in [0.2, 0.25) is 0 Å². The minimum Gasteiger partial charge on any atom is -0.495 e. The number of sulfone groups is 1. The van der Waals surface area contributed by atoms with Crippen LogP contribution in [0.2, 0.25) is 0 Å². The van der Waals surface area contributed by atoms with Gasteiger partial charge in [-0.25, -0.2) is 8.42 Å². The number of benzene rings is 1. The molecule has 2 rings (SSSR count). The van der Waals surface area contributed by atoms with Gasteiger partial charge in [-0.3, -0.25) is 0 Å². The number of nitrogens with zero attached hydrogens (tertiary/aromatic N) is 1. The van der Waals surface area contributed by atoms with Crippen LogP contribution in [-0.4, -0.2) is 21.3 Å². The Bertz CT molecular complexity index is 610. The van der Waals surface area contributed by atoms with Gasteiger partial charge in [-0.1, -0.05) is 18.9 Å². The van der Waals surface area contributed by atoms with Crippen LogP contribution in [0, 0.1) is 17.2 Å². The Labute approximate surface area is 120 Å². The summed E-state index contributed by atoms with van der Waals surface area (Å²) in [6.45, 7) is 0. The zero-order valence-electron chi connectivity index (χ0n) is 11.6. The maximum absolute atomic E-state index is 12.2. The molecule has 0 heterocycles. The Hall–Kier alpha value is -1.54. The molecule has 0 N–H and O–H groups in total. The van der Waals surface area contributed by atoms with Gasteiger partial charge in [-0.2, -0.15) is 5.26 Å². The van der Waals surface area contributed by atoms with Crippen molar-refractivity contribution >= 4 is 9.84 Å². The summed E-state index contributed by atoms with van der Waals surface area (Å²) in [5.41, 5.74) is 1.03. The lowest BCUT2D eigenvalue weighted by Crippen LogP contribution is -2.15. The zero-order valence-corrected chi connectivity index (χ0v) is 12.4. The van der Waals surface area contributed by atoms with E-state index in [-0.39, 0.29) is 11.5 Å². The fourth-order valence-corrected chi connectivity index (χ4v) is 4.64. The van der Waals surface area contributed by atoms with Crippen molar-refractivity contribution in [3.8, 4) is 11.8 Å². The van der Waals surface area contributed by atoms with Gasteiger partial charge in [0, 0.05) is 0 Å². The van der Waals surface area contributed by atoms with Crippen molar-refractivity contribution in [2.75, 3.05) is 12.9 Å². The van der Waals surface area contributed by atoms with E-state index < -0.39 is 9.84 Å². The molecule has 4 nitrogen and oxygen atoms in total. The van der Waals surface area contributed by atoms with Gasteiger partial charge in [0.1, 0.15) is 11.8 Å². The van der Waals surface area contributed by atoms with Gasteiger partial charge < -0.3 is 4.74 Å². The molecule has 0 atom stereocenters. The molecule has 0 bridgehead atoms. The first-order chi connectivity index (χ1) is 9.54. The highest BCUT2D eigenvalue weighted by Gasteiger charge is 2.23. The first-order valence-electron chi connectivity index (χ1n) is 6.81. The Morgan fingerprint density at radius 1 is 1.35 bits per heavy atom. The summed E-state index contributed by atoms with van der Waals surface area (Å²) < 4.78 is 29.4. The quantitative estimate of drug-likeness (QED) is 0.837. The standard InChI is InChI=1S/C15H19NO3S/c1-19-15-7-6-13(8-14(15)9-16)11-20(17,18)10-12-4-2-3-5-12/h6-8,12H,2-5,10-11H2,1H3. The van der Waals surface area contributed by atoms with E-state index in [2.05, 4.69) is 0 Å². The molecule has 5 heteroatoms. The molecule has 0 radical (unpaired) electrons. The normalized spacial score (nSPS) is 16.0. The molecule has 0 saturated heterocycles. The van der Waals surface area contributed by atoms with E-state index in [4.69, 9.17) is 10.00 Å². The fourth-order valence-electron chi connectivity index (χ4n) is 2.78. The van der Waals surface area contributed by atoms with Crippen LogP contribution in [0.15, 0.2) is 18.2 Å². The molecule has 1 aliphatic rings. The van der Waals surface area contributed by atoms with Crippen LogP contribution in [0.25, 0.3) is 0 Å². The third-order valence-corrected chi connectivity index (χ3v) is 5.49. The van der Waals surface area contributed by atoms with E-state index in [0.29, 0.717) is 22.8 Å². The minimum absolute atomic E-state index is 0.00216. The van der Waals surface area contributed by atoms with E-state index in [0.717, 1.165) is 25.7 Å². The summed E-state index contributed by atoms with van der Waals surface area (Å²) in [5.74, 6) is 1.06. The molecule has 20 heavy (non-hydrogen) atoms. The molecule has 0 spiro atoms. The number of rotatable bonds is 5. The van der Waals surface area contributed by atoms with E-state index in [1.807, 2.05) is 6.07 Å². The second-order valence-corrected chi connectivity index (χ2v) is 7.46. The highest BCUT2D eigenvalue weighted by Crippen LogP contribution is 2.27. The maximum atomic E-state index is 12.2. The van der Waals surface area contributed by atoms with Gasteiger partial charge in [-0.05, 0) is 36.5 Å². The van der Waals surface area contributed by atoms with Crippen molar-refractivity contribution in [2.24, 2.45) is 5.92 Å². The highest BCUT2D eigenvalue weighted by atomic mass is 32.2. The van der Waals surface area contributed by atoms with E-state index in [9.17, 15) is 8.42 Å². The first kappa shape index (κ1) is 14.9. The minimum atomic E-state index is -3.11. The van der Waals surface area contributed by atoms with Gasteiger partial charge >= 0.3 is 0 Å².